The van der Waals surface area contributed by atoms with Crippen LogP contribution in [-0.4, -0.2) is 39.8 Å². The number of aromatic nitrogens is 2. The zero-order chi connectivity index (χ0) is 25.5. The van der Waals surface area contributed by atoms with Crippen molar-refractivity contribution in [3.05, 3.63) is 64.1 Å². The van der Waals surface area contributed by atoms with Gasteiger partial charge in [0.1, 0.15) is 5.69 Å². The molecular formula is C23H26N4O7. The molecule has 6 N–H and O–H groups in total. The van der Waals surface area contributed by atoms with Crippen LogP contribution in [0.5, 0.6) is 0 Å². The average molecular weight is 470 g/mol. The largest absolute Gasteiger partial charge is 0.478 e. The number of hydrogen-bond acceptors (Lipinski definition) is 9. The SMILES string of the molecule is CCOC(=O)CCCCc1nc2cc(C(=O)O)ccc2[nH]c1=O.Nc1ccccc1N.O=C=O. The Balaban J connectivity index is 0.000000434. The summed E-state index contributed by atoms with van der Waals surface area (Å²) >= 11 is 0. The summed E-state index contributed by atoms with van der Waals surface area (Å²) in [5, 5.41) is 8.99. The number of ether oxygens (including phenoxy) is 1. The highest BCUT2D eigenvalue weighted by Crippen LogP contribution is 2.12. The van der Waals surface area contributed by atoms with Crippen LogP contribution in [0.15, 0.2) is 47.3 Å². The quantitative estimate of drug-likeness (QED) is 0.226. The maximum atomic E-state index is 12.0. The van der Waals surface area contributed by atoms with Crippen molar-refractivity contribution in [1.82, 2.24) is 9.97 Å². The van der Waals surface area contributed by atoms with Gasteiger partial charge in [0, 0.05) is 6.42 Å². The summed E-state index contributed by atoms with van der Waals surface area (Å²) in [5.41, 5.74) is 13.2. The van der Waals surface area contributed by atoms with Gasteiger partial charge in [0.2, 0.25) is 0 Å². The number of hydrogen-bond donors (Lipinski definition) is 4. The predicted octanol–water partition coefficient (Wildman–Crippen LogP) is 2.16. The van der Waals surface area contributed by atoms with E-state index in [1.807, 2.05) is 12.1 Å². The van der Waals surface area contributed by atoms with E-state index < -0.39 is 5.97 Å². The highest BCUT2D eigenvalue weighted by atomic mass is 16.5. The van der Waals surface area contributed by atoms with Crippen molar-refractivity contribution < 1.29 is 29.0 Å². The zero-order valence-electron chi connectivity index (χ0n) is 18.6. The molecular weight excluding hydrogens is 444 g/mol. The molecule has 1 heterocycles. The van der Waals surface area contributed by atoms with Gasteiger partial charge in [-0.15, -0.1) is 0 Å². The molecule has 11 heteroatoms. The molecule has 1 aromatic heterocycles. The number of fused-ring (bicyclic) bond motifs is 1. The Bertz CT molecular complexity index is 1180. The molecule has 0 spiro atoms. The zero-order valence-corrected chi connectivity index (χ0v) is 18.6. The molecule has 0 aliphatic carbocycles. The maximum absolute atomic E-state index is 12.0. The van der Waals surface area contributed by atoms with Crippen LogP contribution in [0.3, 0.4) is 0 Å². The van der Waals surface area contributed by atoms with E-state index >= 15 is 0 Å². The van der Waals surface area contributed by atoms with Crippen LogP contribution in [0.4, 0.5) is 11.4 Å². The number of unbranched alkanes of at least 4 members (excludes halogenated alkanes) is 1. The Morgan fingerprint density at radius 1 is 1.09 bits per heavy atom. The van der Waals surface area contributed by atoms with E-state index in [1.165, 1.54) is 18.2 Å². The molecule has 0 unspecified atom stereocenters. The molecule has 180 valence electrons. The third-order valence-electron chi connectivity index (χ3n) is 4.36. The van der Waals surface area contributed by atoms with Gasteiger partial charge in [-0.2, -0.15) is 9.59 Å². The van der Waals surface area contributed by atoms with Gasteiger partial charge >= 0.3 is 18.1 Å². The fourth-order valence-electron chi connectivity index (χ4n) is 2.73. The number of carbonyl (C=O) groups is 2. The van der Waals surface area contributed by atoms with Crippen molar-refractivity contribution in [2.24, 2.45) is 0 Å². The van der Waals surface area contributed by atoms with E-state index in [9.17, 15) is 14.4 Å². The number of carboxylic acid groups (broad SMARTS) is 1. The Morgan fingerprint density at radius 3 is 2.24 bits per heavy atom. The lowest BCUT2D eigenvalue weighted by atomic mass is 10.1. The van der Waals surface area contributed by atoms with Gasteiger partial charge in [-0.25, -0.2) is 9.78 Å². The van der Waals surface area contributed by atoms with Crippen LogP contribution in [0.1, 0.15) is 42.2 Å². The van der Waals surface area contributed by atoms with E-state index in [1.54, 1.807) is 19.1 Å². The summed E-state index contributed by atoms with van der Waals surface area (Å²) in [6.07, 6.45) is 2.21. The van der Waals surface area contributed by atoms with Crippen LogP contribution in [-0.2, 0) is 25.5 Å². The second-order valence-electron chi connectivity index (χ2n) is 6.77. The number of rotatable bonds is 7. The summed E-state index contributed by atoms with van der Waals surface area (Å²) in [5.74, 6) is -1.30. The minimum atomic E-state index is -1.05. The lowest BCUT2D eigenvalue weighted by Crippen LogP contribution is -2.15. The second kappa shape index (κ2) is 14.5. The molecule has 0 fully saturated rings. The molecule has 0 saturated carbocycles. The number of para-hydroxylation sites is 2. The number of esters is 1. The fourth-order valence-corrected chi connectivity index (χ4v) is 2.73. The minimum Gasteiger partial charge on any atom is -0.478 e. The molecule has 0 bridgehead atoms. The van der Waals surface area contributed by atoms with Gasteiger partial charge in [-0.1, -0.05) is 12.1 Å². The molecule has 34 heavy (non-hydrogen) atoms. The van der Waals surface area contributed by atoms with Crippen molar-refractivity contribution in [2.75, 3.05) is 18.1 Å². The third kappa shape index (κ3) is 9.33. The number of aryl methyl sites for hydroxylation is 1. The highest BCUT2D eigenvalue weighted by molar-refractivity contribution is 5.92. The number of aromatic amines is 1. The molecule has 3 aromatic rings. The number of nitrogens with two attached hydrogens (primary N) is 2. The first-order valence-corrected chi connectivity index (χ1v) is 10.2. The van der Waals surface area contributed by atoms with Crippen molar-refractivity contribution in [3.8, 4) is 0 Å². The summed E-state index contributed by atoms with van der Waals surface area (Å²) in [7, 11) is 0. The van der Waals surface area contributed by atoms with Crippen LogP contribution in [0.2, 0.25) is 0 Å². The Hall–Kier alpha value is -4.50. The lowest BCUT2D eigenvalue weighted by molar-refractivity contribution is -0.191. The first-order valence-electron chi connectivity index (χ1n) is 10.2. The van der Waals surface area contributed by atoms with Crippen molar-refractivity contribution in [1.29, 1.82) is 0 Å². The van der Waals surface area contributed by atoms with E-state index in [0.29, 0.717) is 60.4 Å². The summed E-state index contributed by atoms with van der Waals surface area (Å²) in [6.45, 7) is 2.11. The number of nitrogens with one attached hydrogen (secondary N) is 1. The fraction of sp³-hybridized carbons (Fsp3) is 0.261. The molecule has 0 atom stereocenters. The number of nitrogens with zero attached hydrogens (tertiary/aromatic N) is 1. The lowest BCUT2D eigenvalue weighted by Gasteiger charge is -2.04. The van der Waals surface area contributed by atoms with Gasteiger partial charge in [-0.3, -0.25) is 9.59 Å². The summed E-state index contributed by atoms with van der Waals surface area (Å²) in [4.78, 5) is 57.4. The number of H-pyrrole nitrogens is 1. The maximum Gasteiger partial charge on any atom is 0.373 e. The van der Waals surface area contributed by atoms with Gasteiger partial charge in [0.25, 0.3) is 5.56 Å². The smallest absolute Gasteiger partial charge is 0.373 e. The van der Waals surface area contributed by atoms with Crippen LogP contribution < -0.4 is 17.0 Å². The number of nitrogen functional groups attached to an aromatic ring is 2. The van der Waals surface area contributed by atoms with Gasteiger partial charge < -0.3 is 26.3 Å². The molecule has 0 aliphatic heterocycles. The predicted molar refractivity (Wildman–Crippen MR) is 124 cm³/mol. The first kappa shape index (κ1) is 27.5. The van der Waals surface area contributed by atoms with Crippen LogP contribution in [0.25, 0.3) is 11.0 Å². The van der Waals surface area contributed by atoms with E-state index in [-0.39, 0.29) is 23.2 Å². The topological polar surface area (TPSA) is 196 Å². The van der Waals surface area contributed by atoms with Gasteiger partial charge in [-0.05, 0) is 56.5 Å². The Labute approximate surface area is 194 Å². The monoisotopic (exact) mass is 470 g/mol. The van der Waals surface area contributed by atoms with Crippen molar-refractivity contribution in [3.63, 3.8) is 0 Å². The Morgan fingerprint density at radius 2 is 1.71 bits per heavy atom. The van der Waals surface area contributed by atoms with E-state index in [4.69, 9.17) is 30.9 Å². The minimum absolute atomic E-state index is 0.116. The van der Waals surface area contributed by atoms with E-state index in [2.05, 4.69) is 9.97 Å². The number of anilines is 2. The molecule has 11 nitrogen and oxygen atoms in total. The van der Waals surface area contributed by atoms with Crippen LogP contribution in [0, 0.1) is 0 Å². The highest BCUT2D eigenvalue weighted by Gasteiger charge is 2.09. The third-order valence-corrected chi connectivity index (χ3v) is 4.36. The summed E-state index contributed by atoms with van der Waals surface area (Å²) < 4.78 is 4.83. The second-order valence-corrected chi connectivity index (χ2v) is 6.77. The molecule has 3 rings (SSSR count). The number of carbonyl (C=O) groups excluding carboxylic acids is 3. The number of carboxylic acids is 1. The Kier molecular flexibility index (Phi) is 11.8. The number of benzene rings is 2. The summed E-state index contributed by atoms with van der Waals surface area (Å²) in [6, 6.07) is 11.6. The van der Waals surface area contributed by atoms with Gasteiger partial charge in [0.15, 0.2) is 0 Å². The van der Waals surface area contributed by atoms with Crippen molar-refractivity contribution in [2.45, 2.75) is 32.6 Å². The molecule has 2 aromatic carbocycles. The van der Waals surface area contributed by atoms with Crippen LogP contribution >= 0.6 is 0 Å². The molecule has 0 saturated heterocycles. The standard InChI is InChI=1S/C16H18N2O5.C6H8N2.CO2/c1-2-23-14(19)6-4-3-5-12-15(20)18-11-8-7-10(16(21)22)9-13(11)17-12;7-5-3-1-2-4-6(5)8;2-1-3/h7-9H,2-6H2,1H3,(H,18,20)(H,21,22);1-4H,7-8H2;. The molecule has 0 aliphatic rings. The molecule has 0 amide bonds. The van der Waals surface area contributed by atoms with Crippen molar-refractivity contribution >= 4 is 40.5 Å². The van der Waals surface area contributed by atoms with Gasteiger partial charge in [0.05, 0.1) is 34.6 Å². The first-order chi connectivity index (χ1) is 16.2. The average Bonchev–Trinajstić information content (AvgIpc) is 2.79. The molecule has 0 radical (unpaired) electrons. The normalized spacial score (nSPS) is 9.56. The number of aromatic carboxylic acids is 1. The van der Waals surface area contributed by atoms with E-state index in [0.717, 1.165) is 0 Å².